The van der Waals surface area contributed by atoms with E-state index in [0.717, 1.165) is 8.58 Å². The number of halogens is 1. The first-order chi connectivity index (χ1) is 10.4. The Labute approximate surface area is 138 Å². The highest BCUT2D eigenvalue weighted by atomic mass is 35.5. The van der Waals surface area contributed by atoms with E-state index in [2.05, 4.69) is 73.7 Å². The summed E-state index contributed by atoms with van der Waals surface area (Å²) in [4.78, 5) is 0. The molecule has 0 aliphatic carbocycles. The van der Waals surface area contributed by atoms with E-state index in [1.165, 1.54) is 43.8 Å². The quantitative estimate of drug-likeness (QED) is 0.245. The van der Waals surface area contributed by atoms with Gasteiger partial charge in [-0.2, -0.15) is 0 Å². The highest BCUT2D eigenvalue weighted by molar-refractivity contribution is 7.47. The first-order valence-corrected chi connectivity index (χ1v) is 8.65. The van der Waals surface area contributed by atoms with Gasteiger partial charge in [0.15, 0.2) is 0 Å². The summed E-state index contributed by atoms with van der Waals surface area (Å²) in [6.07, 6.45) is 1.21. The zero-order valence-corrected chi connectivity index (χ0v) is 14.3. The molecule has 0 saturated carbocycles. The predicted octanol–water partition coefficient (Wildman–Crippen LogP) is 5.89. The molecule has 0 aromatic heterocycles. The van der Waals surface area contributed by atoms with E-state index in [0.29, 0.717) is 0 Å². The number of hydrogen-bond donors (Lipinski definition) is 0. The second-order valence-corrected chi connectivity index (χ2v) is 7.02. The van der Waals surface area contributed by atoms with Crippen molar-refractivity contribution >= 4 is 58.6 Å². The van der Waals surface area contributed by atoms with Crippen LogP contribution in [0.2, 0.25) is 0 Å². The van der Waals surface area contributed by atoms with Crippen molar-refractivity contribution in [3.05, 3.63) is 66.7 Å². The van der Waals surface area contributed by atoms with E-state index in [1.807, 2.05) is 0 Å². The second kappa shape index (κ2) is 6.24. The summed E-state index contributed by atoms with van der Waals surface area (Å²) in [5.74, 6) is 0. The van der Waals surface area contributed by atoms with Gasteiger partial charge in [0.25, 0.3) is 0 Å². The monoisotopic (exact) mass is 324 g/mol. The summed E-state index contributed by atoms with van der Waals surface area (Å²) in [6, 6.07) is 24.5. The first-order valence-electron chi connectivity index (χ1n) is 7.45. The Morgan fingerprint density at radius 2 is 1.41 bits per heavy atom. The molecule has 0 heterocycles. The largest absolute Gasteiger partial charge is 0.147 e. The predicted molar refractivity (Wildman–Crippen MR) is 105 cm³/mol. The fourth-order valence-corrected chi connectivity index (χ4v) is 4.19. The number of fused-ring (bicyclic) bond motifs is 4. The molecule has 0 saturated heterocycles. The van der Waals surface area contributed by atoms with Gasteiger partial charge < -0.3 is 0 Å². The van der Waals surface area contributed by atoms with Crippen LogP contribution in [0.5, 0.6) is 0 Å². The molecule has 0 nitrogen and oxygen atoms in total. The van der Waals surface area contributed by atoms with Crippen molar-refractivity contribution in [2.75, 3.05) is 6.16 Å². The van der Waals surface area contributed by atoms with E-state index in [9.17, 15) is 0 Å². The summed E-state index contributed by atoms with van der Waals surface area (Å²) in [5, 5.41) is 9.68. The lowest BCUT2D eigenvalue weighted by Crippen LogP contribution is -1.97. The fraction of sp³-hybridized carbons (Fsp3) is 0.100. The Bertz CT molecular complexity index is 959. The Kier molecular flexibility index (Phi) is 4.34. The van der Waals surface area contributed by atoms with Gasteiger partial charge in [-0.15, -0.1) is 12.4 Å². The van der Waals surface area contributed by atoms with E-state index in [4.69, 9.17) is 0 Å². The van der Waals surface area contributed by atoms with Crippen LogP contribution in [0, 0.1) is 0 Å². The van der Waals surface area contributed by atoms with Crippen molar-refractivity contribution < 1.29 is 0 Å². The van der Waals surface area contributed by atoms with Crippen LogP contribution in [0.4, 0.5) is 0 Å². The number of hydrogen-bond acceptors (Lipinski definition) is 0. The molecule has 4 aromatic carbocycles. The molecule has 0 spiro atoms. The standard InChI is InChI=1S/C20H17P.ClH/c1-2-21-19-9-5-8-14-10-11-17-12-15-6-3-4-7-16(15)13-18(17)20(14)19;/h3-13,21H,2H2,1H3;1H. The molecule has 0 N–H and O–H groups in total. The Morgan fingerprint density at radius 1 is 0.727 bits per heavy atom. The number of benzene rings is 4. The van der Waals surface area contributed by atoms with Crippen molar-refractivity contribution in [2.24, 2.45) is 0 Å². The Hall–Kier alpha value is -1.62. The molecule has 0 aliphatic heterocycles. The third kappa shape index (κ3) is 2.47. The van der Waals surface area contributed by atoms with Gasteiger partial charge in [-0.25, -0.2) is 0 Å². The zero-order chi connectivity index (χ0) is 14.2. The maximum absolute atomic E-state index is 2.36. The van der Waals surface area contributed by atoms with Gasteiger partial charge in [-0.05, 0) is 55.9 Å². The molecule has 110 valence electrons. The minimum absolute atomic E-state index is 0. The summed E-state index contributed by atoms with van der Waals surface area (Å²) in [7, 11) is 0.881. The summed E-state index contributed by atoms with van der Waals surface area (Å²) >= 11 is 0. The molecule has 4 aromatic rings. The maximum atomic E-state index is 2.36. The van der Waals surface area contributed by atoms with Gasteiger partial charge in [-0.1, -0.05) is 70.1 Å². The first kappa shape index (κ1) is 15.3. The van der Waals surface area contributed by atoms with Crippen molar-refractivity contribution in [3.63, 3.8) is 0 Å². The molecule has 0 fully saturated rings. The molecular weight excluding hydrogens is 307 g/mol. The molecule has 1 atom stereocenters. The molecule has 0 aliphatic rings. The highest BCUT2D eigenvalue weighted by Crippen LogP contribution is 2.30. The van der Waals surface area contributed by atoms with Gasteiger partial charge in [0.05, 0.1) is 0 Å². The van der Waals surface area contributed by atoms with E-state index < -0.39 is 0 Å². The van der Waals surface area contributed by atoms with Crippen LogP contribution in [-0.4, -0.2) is 6.16 Å². The van der Waals surface area contributed by atoms with Crippen molar-refractivity contribution in [2.45, 2.75) is 6.92 Å². The smallest absolute Gasteiger partial charge is 0.00308 e. The lowest BCUT2D eigenvalue weighted by molar-refractivity contribution is 1.52. The van der Waals surface area contributed by atoms with Crippen LogP contribution in [0.3, 0.4) is 0 Å². The van der Waals surface area contributed by atoms with E-state index >= 15 is 0 Å². The lowest BCUT2D eigenvalue weighted by atomic mass is 9.98. The SMILES string of the molecule is CCPc1cccc2ccc3cc4ccccc4cc3c12.Cl. The van der Waals surface area contributed by atoms with Gasteiger partial charge in [-0.3, -0.25) is 0 Å². The topological polar surface area (TPSA) is 0 Å². The van der Waals surface area contributed by atoms with Crippen LogP contribution in [0.15, 0.2) is 66.7 Å². The molecule has 22 heavy (non-hydrogen) atoms. The third-order valence-corrected chi connectivity index (χ3v) is 5.24. The molecule has 0 bridgehead atoms. The van der Waals surface area contributed by atoms with Crippen molar-refractivity contribution in [3.8, 4) is 0 Å². The molecule has 0 amide bonds. The van der Waals surface area contributed by atoms with Gasteiger partial charge in [0.1, 0.15) is 0 Å². The van der Waals surface area contributed by atoms with Crippen LogP contribution in [0.1, 0.15) is 6.92 Å². The molecular formula is C20H18ClP. The van der Waals surface area contributed by atoms with Crippen LogP contribution in [0.25, 0.3) is 32.3 Å². The zero-order valence-electron chi connectivity index (χ0n) is 12.5. The van der Waals surface area contributed by atoms with E-state index in [-0.39, 0.29) is 12.4 Å². The van der Waals surface area contributed by atoms with E-state index in [1.54, 1.807) is 0 Å². The molecule has 4 rings (SSSR count). The normalized spacial score (nSPS) is 11.5. The lowest BCUT2D eigenvalue weighted by Gasteiger charge is -2.10. The average molecular weight is 325 g/mol. The van der Waals surface area contributed by atoms with Crippen molar-refractivity contribution in [1.29, 1.82) is 0 Å². The summed E-state index contributed by atoms with van der Waals surface area (Å²) in [5.41, 5.74) is 0. The second-order valence-electron chi connectivity index (χ2n) is 5.42. The Balaban J connectivity index is 0.00000144. The number of rotatable bonds is 2. The minimum atomic E-state index is 0. The van der Waals surface area contributed by atoms with Gasteiger partial charge in [0.2, 0.25) is 0 Å². The maximum Gasteiger partial charge on any atom is -0.00308 e. The van der Waals surface area contributed by atoms with Crippen LogP contribution < -0.4 is 5.30 Å². The Morgan fingerprint density at radius 3 is 2.18 bits per heavy atom. The molecule has 1 unspecified atom stereocenters. The average Bonchev–Trinajstić information content (AvgIpc) is 2.53. The van der Waals surface area contributed by atoms with Gasteiger partial charge in [0, 0.05) is 0 Å². The highest BCUT2D eigenvalue weighted by Gasteiger charge is 2.06. The van der Waals surface area contributed by atoms with Gasteiger partial charge >= 0.3 is 0 Å². The van der Waals surface area contributed by atoms with Crippen LogP contribution >= 0.6 is 21.0 Å². The van der Waals surface area contributed by atoms with Crippen molar-refractivity contribution in [1.82, 2.24) is 0 Å². The summed E-state index contributed by atoms with van der Waals surface area (Å²) in [6.45, 7) is 2.26. The molecule has 0 radical (unpaired) electrons. The molecule has 2 heteroatoms. The van der Waals surface area contributed by atoms with Crippen LogP contribution in [-0.2, 0) is 0 Å². The minimum Gasteiger partial charge on any atom is -0.147 e. The third-order valence-electron chi connectivity index (χ3n) is 4.09. The fourth-order valence-electron chi connectivity index (χ4n) is 3.14. The summed E-state index contributed by atoms with van der Waals surface area (Å²) < 4.78 is 0.